The van der Waals surface area contributed by atoms with Crippen LogP contribution in [-0.4, -0.2) is 11.8 Å². The van der Waals surface area contributed by atoms with Crippen molar-refractivity contribution >= 4 is 23.2 Å². The molecule has 0 bridgehead atoms. The molecule has 0 radical (unpaired) electrons. The lowest BCUT2D eigenvalue weighted by atomic mass is 10.1. The first-order valence-corrected chi connectivity index (χ1v) is 9.18. The lowest BCUT2D eigenvalue weighted by molar-refractivity contribution is -0.116. The van der Waals surface area contributed by atoms with Crippen LogP contribution in [0.15, 0.2) is 72.8 Å². The van der Waals surface area contributed by atoms with E-state index in [-0.39, 0.29) is 17.6 Å². The Morgan fingerprint density at radius 3 is 2.28 bits per heavy atom. The molecular formula is C23H21FN2O3. The van der Waals surface area contributed by atoms with Crippen LogP contribution in [0.5, 0.6) is 11.5 Å². The van der Waals surface area contributed by atoms with E-state index in [4.69, 9.17) is 4.74 Å². The second-order valence-electron chi connectivity index (χ2n) is 6.51. The SMILES string of the molecule is CC(=O)Nc1cccc(NC(=O)CCc2cccc(Oc3ccc(F)cc3)c2)c1. The Kier molecular flexibility index (Phi) is 6.58. The maximum Gasteiger partial charge on any atom is 0.224 e. The van der Waals surface area contributed by atoms with Crippen molar-refractivity contribution in [3.05, 3.63) is 84.2 Å². The Morgan fingerprint density at radius 2 is 1.55 bits per heavy atom. The van der Waals surface area contributed by atoms with Gasteiger partial charge in [-0.3, -0.25) is 9.59 Å². The number of hydrogen-bond acceptors (Lipinski definition) is 3. The van der Waals surface area contributed by atoms with Gasteiger partial charge in [-0.15, -0.1) is 0 Å². The topological polar surface area (TPSA) is 67.4 Å². The average molecular weight is 392 g/mol. The minimum atomic E-state index is -0.320. The molecule has 2 amide bonds. The number of hydrogen-bond donors (Lipinski definition) is 2. The molecule has 6 heteroatoms. The summed E-state index contributed by atoms with van der Waals surface area (Å²) in [6.45, 7) is 1.43. The number of ether oxygens (including phenoxy) is 1. The van der Waals surface area contributed by atoms with Gasteiger partial charge in [0.25, 0.3) is 0 Å². The van der Waals surface area contributed by atoms with Crippen LogP contribution in [0.4, 0.5) is 15.8 Å². The van der Waals surface area contributed by atoms with Gasteiger partial charge < -0.3 is 15.4 Å². The molecule has 0 saturated carbocycles. The molecule has 0 fully saturated rings. The molecule has 0 aliphatic heterocycles. The smallest absolute Gasteiger partial charge is 0.224 e. The van der Waals surface area contributed by atoms with E-state index in [1.54, 1.807) is 42.5 Å². The number of aryl methyl sites for hydroxylation is 1. The molecule has 2 N–H and O–H groups in total. The van der Waals surface area contributed by atoms with Gasteiger partial charge in [0.2, 0.25) is 11.8 Å². The van der Waals surface area contributed by atoms with Gasteiger partial charge in [0.1, 0.15) is 17.3 Å². The van der Waals surface area contributed by atoms with Crippen LogP contribution < -0.4 is 15.4 Å². The third-order valence-corrected chi connectivity index (χ3v) is 4.06. The van der Waals surface area contributed by atoms with Crippen molar-refractivity contribution < 1.29 is 18.7 Å². The monoisotopic (exact) mass is 392 g/mol. The predicted octanol–water partition coefficient (Wildman–Crippen LogP) is 5.15. The fourth-order valence-corrected chi connectivity index (χ4v) is 2.76. The lowest BCUT2D eigenvalue weighted by Crippen LogP contribution is -2.13. The van der Waals surface area contributed by atoms with Gasteiger partial charge in [-0.2, -0.15) is 0 Å². The van der Waals surface area contributed by atoms with E-state index in [0.717, 1.165) is 5.56 Å². The van der Waals surface area contributed by atoms with Crippen LogP contribution >= 0.6 is 0 Å². The summed E-state index contributed by atoms with van der Waals surface area (Å²) in [7, 11) is 0. The van der Waals surface area contributed by atoms with E-state index >= 15 is 0 Å². The number of rotatable bonds is 7. The second kappa shape index (κ2) is 9.50. The molecule has 3 aromatic carbocycles. The molecule has 3 rings (SSSR count). The lowest BCUT2D eigenvalue weighted by Gasteiger charge is -2.09. The molecule has 3 aromatic rings. The summed E-state index contributed by atoms with van der Waals surface area (Å²) in [4.78, 5) is 23.4. The normalized spacial score (nSPS) is 10.3. The molecule has 29 heavy (non-hydrogen) atoms. The van der Waals surface area contributed by atoms with Crippen LogP contribution in [0, 0.1) is 5.82 Å². The first-order chi connectivity index (χ1) is 14.0. The summed E-state index contributed by atoms with van der Waals surface area (Å²) in [5.41, 5.74) is 2.20. The quantitative estimate of drug-likeness (QED) is 0.584. The molecule has 0 aliphatic rings. The van der Waals surface area contributed by atoms with Gasteiger partial charge in [0, 0.05) is 24.7 Å². The van der Waals surface area contributed by atoms with Gasteiger partial charge in [0.05, 0.1) is 0 Å². The van der Waals surface area contributed by atoms with Crippen LogP contribution in [0.2, 0.25) is 0 Å². The number of amides is 2. The number of nitrogens with one attached hydrogen (secondary N) is 2. The Morgan fingerprint density at radius 1 is 0.862 bits per heavy atom. The zero-order chi connectivity index (χ0) is 20.6. The van der Waals surface area contributed by atoms with Crippen molar-refractivity contribution in [1.82, 2.24) is 0 Å². The summed E-state index contributed by atoms with van der Waals surface area (Å²) in [6.07, 6.45) is 0.836. The number of carbonyl (C=O) groups is 2. The molecule has 0 aromatic heterocycles. The first-order valence-electron chi connectivity index (χ1n) is 9.18. The van der Waals surface area contributed by atoms with Gasteiger partial charge in [-0.1, -0.05) is 18.2 Å². The van der Waals surface area contributed by atoms with Crippen LogP contribution in [0.25, 0.3) is 0 Å². The van der Waals surface area contributed by atoms with Crippen molar-refractivity contribution in [3.63, 3.8) is 0 Å². The first kappa shape index (κ1) is 20.1. The van der Waals surface area contributed by atoms with Crippen molar-refractivity contribution in [2.24, 2.45) is 0 Å². The molecule has 148 valence electrons. The molecule has 0 aliphatic carbocycles. The fraction of sp³-hybridized carbons (Fsp3) is 0.130. The van der Waals surface area contributed by atoms with E-state index in [0.29, 0.717) is 35.7 Å². The predicted molar refractivity (Wildman–Crippen MR) is 111 cm³/mol. The molecule has 0 atom stereocenters. The van der Waals surface area contributed by atoms with Crippen LogP contribution in [0.3, 0.4) is 0 Å². The van der Waals surface area contributed by atoms with E-state index in [1.165, 1.54) is 19.1 Å². The number of anilines is 2. The summed E-state index contributed by atoms with van der Waals surface area (Å²) in [6, 6.07) is 20.2. The molecular weight excluding hydrogens is 371 g/mol. The molecule has 0 heterocycles. The Labute approximate surface area is 168 Å². The van der Waals surface area contributed by atoms with Crippen molar-refractivity contribution in [3.8, 4) is 11.5 Å². The number of benzene rings is 3. The van der Waals surface area contributed by atoms with E-state index in [1.807, 2.05) is 18.2 Å². The van der Waals surface area contributed by atoms with Crippen molar-refractivity contribution in [2.75, 3.05) is 10.6 Å². The fourth-order valence-electron chi connectivity index (χ4n) is 2.76. The van der Waals surface area contributed by atoms with Gasteiger partial charge in [0.15, 0.2) is 0 Å². The number of carbonyl (C=O) groups excluding carboxylic acids is 2. The Bertz CT molecular complexity index is 1000. The third-order valence-electron chi connectivity index (χ3n) is 4.06. The maximum atomic E-state index is 13.0. The van der Waals surface area contributed by atoms with Crippen LogP contribution in [0.1, 0.15) is 18.9 Å². The highest BCUT2D eigenvalue weighted by Gasteiger charge is 2.06. The van der Waals surface area contributed by atoms with Crippen LogP contribution in [-0.2, 0) is 16.0 Å². The highest BCUT2D eigenvalue weighted by atomic mass is 19.1. The van der Waals surface area contributed by atoms with Crippen molar-refractivity contribution in [1.29, 1.82) is 0 Å². The standard InChI is InChI=1S/C23H21FN2O3/c1-16(27)25-19-5-3-6-20(15-19)26-23(28)13-8-17-4-2-7-22(14-17)29-21-11-9-18(24)10-12-21/h2-7,9-12,14-15H,8,13H2,1H3,(H,25,27)(H,26,28). The third kappa shape index (κ3) is 6.46. The van der Waals surface area contributed by atoms with E-state index < -0.39 is 0 Å². The summed E-state index contributed by atoms with van der Waals surface area (Å²) in [5, 5.41) is 5.51. The molecule has 5 nitrogen and oxygen atoms in total. The zero-order valence-electron chi connectivity index (χ0n) is 15.9. The van der Waals surface area contributed by atoms with E-state index in [2.05, 4.69) is 10.6 Å². The highest BCUT2D eigenvalue weighted by Crippen LogP contribution is 2.23. The van der Waals surface area contributed by atoms with Gasteiger partial charge in [-0.05, 0) is 66.6 Å². The average Bonchev–Trinajstić information content (AvgIpc) is 2.68. The Hall–Kier alpha value is -3.67. The number of halogens is 1. The summed E-state index contributed by atoms with van der Waals surface area (Å²) in [5.74, 6) is 0.545. The highest BCUT2D eigenvalue weighted by molar-refractivity contribution is 5.93. The minimum Gasteiger partial charge on any atom is -0.457 e. The van der Waals surface area contributed by atoms with Gasteiger partial charge in [-0.25, -0.2) is 4.39 Å². The summed E-state index contributed by atoms with van der Waals surface area (Å²) >= 11 is 0. The zero-order valence-corrected chi connectivity index (χ0v) is 15.9. The maximum absolute atomic E-state index is 13.0. The molecule has 0 unspecified atom stereocenters. The van der Waals surface area contributed by atoms with Gasteiger partial charge >= 0.3 is 0 Å². The molecule has 0 spiro atoms. The van der Waals surface area contributed by atoms with Crippen molar-refractivity contribution in [2.45, 2.75) is 19.8 Å². The summed E-state index contributed by atoms with van der Waals surface area (Å²) < 4.78 is 18.7. The Balaban J connectivity index is 1.55. The minimum absolute atomic E-state index is 0.130. The second-order valence-corrected chi connectivity index (χ2v) is 6.51. The van der Waals surface area contributed by atoms with E-state index in [9.17, 15) is 14.0 Å². The largest absolute Gasteiger partial charge is 0.457 e. The molecule has 0 saturated heterocycles.